The van der Waals surface area contributed by atoms with Gasteiger partial charge in [-0.1, -0.05) is 0 Å². The van der Waals surface area contributed by atoms with Crippen LogP contribution in [0, 0.1) is 0 Å². The molecule has 1 aliphatic heterocycles. The van der Waals surface area contributed by atoms with Crippen molar-refractivity contribution < 1.29 is 65.9 Å². The Labute approximate surface area is 171 Å². The highest BCUT2D eigenvalue weighted by Gasteiger charge is 2.57. The Morgan fingerprint density at radius 2 is 2.00 bits per heavy atom. The summed E-state index contributed by atoms with van der Waals surface area (Å²) in [6.07, 6.45) is -4.61. The maximum atomic E-state index is 13.7. The molecule has 1 aliphatic rings. The molecule has 0 spiro atoms. The van der Waals surface area contributed by atoms with Crippen molar-refractivity contribution in [2.24, 2.45) is 0 Å². The zero-order valence-electron chi connectivity index (χ0n) is 14.9. The van der Waals surface area contributed by atoms with Crippen LogP contribution in [-0.4, -0.2) is 65.9 Å². The second kappa shape index (κ2) is 9.72. The van der Waals surface area contributed by atoms with E-state index in [1.807, 2.05) is 0 Å². The standard InChI is InChI=1S/C10H15FN3O14P3/c11-3-10(4-24-29(19)27-31(22,23)28-30(20,21)26-18)7(16)6(15)8(25-10)14-2-1-5(12)13-9(14)17/h1-2,6-8,15-16H,3-4H2,(H4-,12,13,17,18,20,21,22,23)/p+1/t6-,7-,8+,10+/m0/s1. The normalized spacial score (nSPS) is 30.5. The van der Waals surface area contributed by atoms with Gasteiger partial charge in [0.15, 0.2) is 11.8 Å². The number of aliphatic hydroxyl groups excluding tert-OH is 2. The Hall–Kier alpha value is -1.23. The Morgan fingerprint density at radius 3 is 2.55 bits per heavy atom. The summed E-state index contributed by atoms with van der Waals surface area (Å²) in [4.78, 5) is 33.2. The number of anilines is 1. The number of hydrogen-bond donors (Lipinski definition) is 6. The minimum Gasteiger partial charge on any atom is -0.387 e. The van der Waals surface area contributed by atoms with Gasteiger partial charge in [-0.25, -0.2) is 23.6 Å². The van der Waals surface area contributed by atoms with Gasteiger partial charge >= 0.3 is 29.6 Å². The van der Waals surface area contributed by atoms with Crippen LogP contribution in [0.3, 0.4) is 0 Å². The van der Waals surface area contributed by atoms with Gasteiger partial charge in [-0.3, -0.25) is 9.46 Å². The first kappa shape index (κ1) is 26.0. The maximum Gasteiger partial charge on any atom is 0.708 e. The van der Waals surface area contributed by atoms with Gasteiger partial charge in [0.05, 0.1) is 0 Å². The lowest BCUT2D eigenvalue weighted by atomic mass is 9.98. The number of ether oxygens (including phenoxy) is 1. The van der Waals surface area contributed by atoms with Crippen LogP contribution >= 0.6 is 23.9 Å². The predicted octanol–water partition coefficient (Wildman–Crippen LogP) is -0.818. The average Bonchev–Trinajstić information content (AvgIpc) is 2.91. The van der Waals surface area contributed by atoms with E-state index >= 15 is 0 Å². The number of nitrogens with zero attached hydrogens (tertiary/aromatic N) is 2. The number of phosphoric acid groups is 2. The van der Waals surface area contributed by atoms with Crippen LogP contribution in [0.4, 0.5) is 10.2 Å². The number of alkyl halides is 1. The predicted molar refractivity (Wildman–Crippen MR) is 92.8 cm³/mol. The van der Waals surface area contributed by atoms with Crippen LogP contribution in [0.2, 0.25) is 0 Å². The van der Waals surface area contributed by atoms with Gasteiger partial charge in [-0.05, 0) is 10.4 Å². The molecule has 7 N–H and O–H groups in total. The van der Waals surface area contributed by atoms with Crippen molar-refractivity contribution in [1.29, 1.82) is 0 Å². The highest BCUT2D eigenvalue weighted by molar-refractivity contribution is 7.64. The van der Waals surface area contributed by atoms with E-state index in [0.717, 1.165) is 12.3 Å². The molecule has 176 valence electrons. The molecule has 17 nitrogen and oxygen atoms in total. The Balaban J connectivity index is 2.12. The largest absolute Gasteiger partial charge is 0.708 e. The molecule has 0 aliphatic carbocycles. The first-order valence-corrected chi connectivity index (χ1v) is 11.8. The minimum atomic E-state index is -5.60. The van der Waals surface area contributed by atoms with E-state index < -0.39 is 66.9 Å². The van der Waals surface area contributed by atoms with Gasteiger partial charge in [-0.2, -0.15) is 9.29 Å². The smallest absolute Gasteiger partial charge is 0.387 e. The topological polar surface area (TPSA) is 259 Å². The molecule has 0 aromatic carbocycles. The third-order valence-electron chi connectivity index (χ3n) is 3.76. The van der Waals surface area contributed by atoms with E-state index in [1.165, 1.54) is 0 Å². The van der Waals surface area contributed by atoms with E-state index in [9.17, 15) is 38.0 Å². The van der Waals surface area contributed by atoms with Gasteiger partial charge in [0.1, 0.15) is 31.3 Å². The van der Waals surface area contributed by atoms with Gasteiger partial charge in [0, 0.05) is 10.8 Å². The Kier molecular flexibility index (Phi) is 8.16. The highest BCUT2D eigenvalue weighted by Crippen LogP contribution is 2.63. The van der Waals surface area contributed by atoms with Crippen LogP contribution in [0.1, 0.15) is 6.23 Å². The molecule has 2 heterocycles. The van der Waals surface area contributed by atoms with Crippen molar-refractivity contribution in [2.45, 2.75) is 24.0 Å². The van der Waals surface area contributed by atoms with Crippen molar-refractivity contribution in [3.05, 3.63) is 22.7 Å². The monoisotopic (exact) mass is 514 g/mol. The Morgan fingerprint density at radius 1 is 1.35 bits per heavy atom. The lowest BCUT2D eigenvalue weighted by molar-refractivity contribution is -0.157. The SMILES string of the molecule is Nc1ccn([C@@H]2O[C@](CF)(CO[P+](=O)OP(=O)(O)OP(=O)(O)OO)[C@@H](O)[C@@H]2O)c(=O)n1. The molecule has 31 heavy (non-hydrogen) atoms. The van der Waals surface area contributed by atoms with E-state index in [2.05, 4.69) is 22.8 Å². The summed E-state index contributed by atoms with van der Waals surface area (Å²) in [6.45, 7) is -2.74. The van der Waals surface area contributed by atoms with Crippen LogP contribution < -0.4 is 11.4 Å². The van der Waals surface area contributed by atoms with Crippen molar-refractivity contribution >= 4 is 29.7 Å². The fourth-order valence-corrected chi connectivity index (χ4v) is 5.12. The van der Waals surface area contributed by atoms with Crippen molar-refractivity contribution in [2.75, 3.05) is 19.0 Å². The highest BCUT2D eigenvalue weighted by atomic mass is 31.3. The van der Waals surface area contributed by atoms with Gasteiger partial charge in [0.25, 0.3) is 0 Å². The molecule has 0 bridgehead atoms. The Bertz CT molecular complexity index is 977. The minimum absolute atomic E-state index is 0.168. The van der Waals surface area contributed by atoms with Crippen molar-refractivity contribution in [1.82, 2.24) is 9.55 Å². The summed E-state index contributed by atoms with van der Waals surface area (Å²) in [7, 11) is -14.7. The number of hydrogen-bond acceptors (Lipinski definition) is 14. The summed E-state index contributed by atoms with van der Waals surface area (Å²) >= 11 is 0. The lowest BCUT2D eigenvalue weighted by Gasteiger charge is -2.26. The number of aromatic nitrogens is 2. The molecule has 1 saturated heterocycles. The van der Waals surface area contributed by atoms with E-state index in [1.54, 1.807) is 0 Å². The molecule has 1 fully saturated rings. The third kappa shape index (κ3) is 6.18. The summed E-state index contributed by atoms with van der Waals surface area (Å²) in [5.74, 6) is -0.168. The fraction of sp³-hybridized carbons (Fsp3) is 0.600. The number of halogens is 1. The van der Waals surface area contributed by atoms with E-state index in [0.29, 0.717) is 4.57 Å². The quantitative estimate of drug-likeness (QED) is 0.127. The molecule has 0 saturated carbocycles. The molecule has 3 unspecified atom stereocenters. The van der Waals surface area contributed by atoms with Crippen LogP contribution in [0.25, 0.3) is 0 Å². The molecule has 7 atom stereocenters. The van der Waals surface area contributed by atoms with Crippen molar-refractivity contribution in [3.8, 4) is 0 Å². The van der Waals surface area contributed by atoms with Crippen LogP contribution in [0.15, 0.2) is 17.1 Å². The molecule has 2 rings (SSSR count). The first-order chi connectivity index (χ1) is 14.3. The fourth-order valence-electron chi connectivity index (χ4n) is 2.39. The molecular weight excluding hydrogens is 498 g/mol. The first-order valence-electron chi connectivity index (χ1n) is 7.70. The number of aliphatic hydroxyl groups is 2. The third-order valence-corrected chi connectivity index (χ3v) is 7.31. The second-order valence-electron chi connectivity index (χ2n) is 5.86. The van der Waals surface area contributed by atoms with E-state index in [4.69, 9.17) is 20.6 Å². The van der Waals surface area contributed by atoms with Gasteiger partial charge in [-0.15, -0.1) is 9.20 Å². The molecule has 1 aromatic heterocycles. The number of rotatable bonds is 10. The summed E-state index contributed by atoms with van der Waals surface area (Å²) in [5, 5.41) is 28.4. The summed E-state index contributed by atoms with van der Waals surface area (Å²) in [6, 6.07) is 1.15. The van der Waals surface area contributed by atoms with Crippen LogP contribution in [0.5, 0.6) is 0 Å². The number of nitrogens with two attached hydrogens (primary N) is 1. The maximum absolute atomic E-state index is 13.7. The van der Waals surface area contributed by atoms with Gasteiger partial charge < -0.3 is 25.6 Å². The zero-order valence-corrected chi connectivity index (χ0v) is 17.6. The second-order valence-corrected chi connectivity index (χ2v) is 9.91. The summed E-state index contributed by atoms with van der Waals surface area (Å²) in [5.41, 5.74) is 1.89. The van der Waals surface area contributed by atoms with Crippen LogP contribution in [-0.2, 0) is 36.3 Å². The van der Waals surface area contributed by atoms with Gasteiger partial charge in [0.2, 0.25) is 0 Å². The molecule has 0 radical (unpaired) electrons. The van der Waals surface area contributed by atoms with Crippen molar-refractivity contribution in [3.63, 3.8) is 0 Å². The molecule has 1 aromatic rings. The average molecular weight is 514 g/mol. The zero-order chi connectivity index (χ0) is 23.6. The molecule has 0 amide bonds. The summed E-state index contributed by atoms with van der Waals surface area (Å²) < 4.78 is 68.4. The number of nitrogen functional groups attached to an aromatic ring is 1. The lowest BCUT2D eigenvalue weighted by Crippen LogP contribution is -2.48. The molecular formula is C10H16FN3O14P3+. The molecule has 21 heteroatoms. The van der Waals surface area contributed by atoms with E-state index in [-0.39, 0.29) is 5.82 Å².